The van der Waals surface area contributed by atoms with Gasteiger partial charge in [0.2, 0.25) is 0 Å². The zero-order valence-electron chi connectivity index (χ0n) is 14.6. The lowest BCUT2D eigenvalue weighted by Gasteiger charge is -2.18. The van der Waals surface area contributed by atoms with Crippen LogP contribution in [0.1, 0.15) is 19.4 Å². The average Bonchev–Trinajstić information content (AvgIpc) is 3.14. The highest BCUT2D eigenvalue weighted by atomic mass is 32.1. The molecule has 0 aliphatic heterocycles. The topological polar surface area (TPSA) is 92.6 Å². The van der Waals surface area contributed by atoms with Gasteiger partial charge in [0.15, 0.2) is 0 Å². The lowest BCUT2D eigenvalue weighted by molar-refractivity contribution is 0.316. The van der Waals surface area contributed by atoms with Crippen molar-refractivity contribution in [3.63, 3.8) is 0 Å². The lowest BCUT2D eigenvalue weighted by Crippen LogP contribution is -2.28. The van der Waals surface area contributed by atoms with E-state index >= 15 is 0 Å². The minimum atomic E-state index is 0.311. The van der Waals surface area contributed by atoms with E-state index in [0.717, 1.165) is 53.8 Å². The third-order valence-electron chi connectivity index (χ3n) is 4.44. The zero-order chi connectivity index (χ0) is 17.8. The van der Waals surface area contributed by atoms with Crippen LogP contribution in [0.25, 0.3) is 21.0 Å². The maximum Gasteiger partial charge on any atom is 0.150 e. The number of hydrogen-bond donors (Lipinski definition) is 3. The van der Waals surface area contributed by atoms with E-state index in [4.69, 9.17) is 16.6 Å². The molecule has 25 heavy (non-hydrogen) atoms. The smallest absolute Gasteiger partial charge is 0.150 e. The van der Waals surface area contributed by atoms with E-state index in [9.17, 15) is 0 Å². The Morgan fingerprint density at radius 1 is 1.24 bits per heavy atom. The Morgan fingerprint density at radius 2 is 2.04 bits per heavy atom. The van der Waals surface area contributed by atoms with E-state index in [-0.39, 0.29) is 0 Å². The van der Waals surface area contributed by atoms with Crippen LogP contribution in [0.3, 0.4) is 0 Å². The van der Waals surface area contributed by atoms with Crippen molar-refractivity contribution in [1.82, 2.24) is 9.88 Å². The van der Waals surface area contributed by atoms with E-state index in [1.807, 2.05) is 18.2 Å². The molecule has 7 heteroatoms. The minimum Gasteiger partial charge on any atom is -0.382 e. The molecule has 0 radical (unpaired) electrons. The Morgan fingerprint density at radius 3 is 2.76 bits per heavy atom. The second-order valence-electron chi connectivity index (χ2n) is 5.82. The summed E-state index contributed by atoms with van der Waals surface area (Å²) in [6, 6.07) is 8.03. The molecule has 0 aliphatic carbocycles. The fourth-order valence-electron chi connectivity index (χ4n) is 2.94. The molecule has 1 aromatic carbocycles. The number of nitrogens with two attached hydrogens (primary N) is 2. The number of hydrazone groups is 1. The van der Waals surface area contributed by atoms with Gasteiger partial charge in [0.1, 0.15) is 11.7 Å². The van der Waals surface area contributed by atoms with Crippen molar-refractivity contribution in [2.75, 3.05) is 31.5 Å². The maximum absolute atomic E-state index is 5.84. The fraction of sp³-hybridized carbons (Fsp3) is 0.333. The number of likely N-dealkylation sites (N-methyl/N-ethyl adjacent to an activating group) is 1. The third kappa shape index (κ3) is 3.52. The van der Waals surface area contributed by atoms with Crippen LogP contribution in [0.5, 0.6) is 0 Å². The van der Waals surface area contributed by atoms with Crippen LogP contribution in [0.4, 0.5) is 5.82 Å². The summed E-state index contributed by atoms with van der Waals surface area (Å²) in [5.74, 6) is 6.52. The first-order valence-electron chi connectivity index (χ1n) is 8.48. The number of pyridine rings is 1. The molecule has 5 N–H and O–H groups in total. The third-order valence-corrected chi connectivity index (χ3v) is 5.39. The number of aromatic nitrogens is 1. The Labute approximate surface area is 151 Å². The first-order valence-corrected chi connectivity index (χ1v) is 9.36. The van der Waals surface area contributed by atoms with Crippen molar-refractivity contribution in [2.45, 2.75) is 13.8 Å². The SMILES string of the molecule is CCN(CC)CCNc1nc2cc(/C(N)=N/N)ccc2c2sccc12. The van der Waals surface area contributed by atoms with Crippen molar-refractivity contribution in [3.05, 3.63) is 35.2 Å². The van der Waals surface area contributed by atoms with Crippen LogP contribution in [0.2, 0.25) is 0 Å². The summed E-state index contributed by atoms with van der Waals surface area (Å²) in [5.41, 5.74) is 7.52. The number of nitrogens with zero attached hydrogens (tertiary/aromatic N) is 3. The van der Waals surface area contributed by atoms with Crippen LogP contribution in [0.15, 0.2) is 34.7 Å². The van der Waals surface area contributed by atoms with Gasteiger partial charge >= 0.3 is 0 Å². The molecule has 0 bridgehead atoms. The van der Waals surface area contributed by atoms with Gasteiger partial charge < -0.3 is 21.8 Å². The summed E-state index contributed by atoms with van der Waals surface area (Å²) in [5, 5.41) is 11.4. The average molecular weight is 356 g/mol. The van der Waals surface area contributed by atoms with Gasteiger partial charge in [-0.1, -0.05) is 26.0 Å². The van der Waals surface area contributed by atoms with Gasteiger partial charge in [0.25, 0.3) is 0 Å². The van der Waals surface area contributed by atoms with E-state index in [0.29, 0.717) is 5.84 Å². The monoisotopic (exact) mass is 356 g/mol. The summed E-state index contributed by atoms with van der Waals surface area (Å²) in [6.07, 6.45) is 0. The first kappa shape index (κ1) is 17.4. The standard InChI is InChI=1S/C18H24N6S/c1-3-24(4-2)9-8-21-18-14-7-10-25-16(14)13-6-5-12(17(19)23-20)11-15(13)22-18/h5-7,10-11H,3-4,8-9,20H2,1-2H3,(H2,19,23)(H,21,22). The fourth-order valence-corrected chi connectivity index (χ4v) is 3.87. The number of benzene rings is 1. The number of hydrogen-bond acceptors (Lipinski definition) is 6. The molecule has 2 aromatic heterocycles. The molecule has 6 nitrogen and oxygen atoms in total. The second-order valence-corrected chi connectivity index (χ2v) is 6.74. The van der Waals surface area contributed by atoms with Crippen LogP contribution in [0, 0.1) is 0 Å². The number of thiophene rings is 1. The summed E-state index contributed by atoms with van der Waals surface area (Å²) in [7, 11) is 0. The van der Waals surface area contributed by atoms with Crippen LogP contribution in [-0.4, -0.2) is 41.9 Å². The van der Waals surface area contributed by atoms with Crippen molar-refractivity contribution in [3.8, 4) is 0 Å². The predicted molar refractivity (Wildman–Crippen MR) is 108 cm³/mol. The van der Waals surface area contributed by atoms with Gasteiger partial charge in [-0.05, 0) is 30.6 Å². The Bertz CT molecular complexity index is 897. The van der Waals surface area contributed by atoms with Gasteiger partial charge in [0, 0.05) is 34.1 Å². The van der Waals surface area contributed by atoms with Gasteiger partial charge in [-0.2, -0.15) is 5.10 Å². The highest BCUT2D eigenvalue weighted by molar-refractivity contribution is 7.18. The normalized spacial score (nSPS) is 12.4. The van der Waals surface area contributed by atoms with E-state index in [1.165, 1.54) is 4.70 Å². The Kier molecular flexibility index (Phi) is 5.35. The maximum atomic E-state index is 5.84. The summed E-state index contributed by atoms with van der Waals surface area (Å²) in [6.45, 7) is 8.32. The molecular weight excluding hydrogens is 332 g/mol. The van der Waals surface area contributed by atoms with Gasteiger partial charge in [-0.3, -0.25) is 0 Å². The van der Waals surface area contributed by atoms with Crippen LogP contribution >= 0.6 is 11.3 Å². The number of anilines is 1. The quantitative estimate of drug-likeness (QED) is 0.262. The molecule has 0 aliphatic rings. The highest BCUT2D eigenvalue weighted by Crippen LogP contribution is 2.33. The van der Waals surface area contributed by atoms with Crippen molar-refractivity contribution >= 4 is 44.0 Å². The molecule has 3 aromatic rings. The predicted octanol–water partition coefficient (Wildman–Crippen LogP) is 2.78. The van der Waals surface area contributed by atoms with Crippen molar-refractivity contribution in [1.29, 1.82) is 0 Å². The molecule has 0 spiro atoms. The van der Waals surface area contributed by atoms with Crippen LogP contribution in [-0.2, 0) is 0 Å². The second kappa shape index (κ2) is 7.67. The van der Waals surface area contributed by atoms with Gasteiger partial charge in [0.05, 0.1) is 5.52 Å². The van der Waals surface area contributed by atoms with E-state index < -0.39 is 0 Å². The zero-order valence-corrected chi connectivity index (χ0v) is 15.4. The van der Waals surface area contributed by atoms with Crippen molar-refractivity contribution in [2.24, 2.45) is 16.7 Å². The van der Waals surface area contributed by atoms with Crippen LogP contribution < -0.4 is 16.9 Å². The lowest BCUT2D eigenvalue weighted by atomic mass is 10.1. The summed E-state index contributed by atoms with van der Waals surface area (Å²) < 4.78 is 1.23. The number of fused-ring (bicyclic) bond motifs is 3. The summed E-state index contributed by atoms with van der Waals surface area (Å²) in [4.78, 5) is 7.21. The molecule has 0 saturated heterocycles. The highest BCUT2D eigenvalue weighted by Gasteiger charge is 2.11. The molecule has 0 saturated carbocycles. The molecule has 0 atom stereocenters. The molecule has 0 unspecified atom stereocenters. The van der Waals surface area contributed by atoms with E-state index in [1.54, 1.807) is 11.3 Å². The molecule has 132 valence electrons. The summed E-state index contributed by atoms with van der Waals surface area (Å²) >= 11 is 1.72. The number of nitrogens with one attached hydrogen (secondary N) is 1. The van der Waals surface area contributed by atoms with Gasteiger partial charge in [-0.15, -0.1) is 11.3 Å². The number of rotatable bonds is 7. The Hall–Kier alpha value is -2.38. The Balaban J connectivity index is 1.97. The molecule has 3 rings (SSSR count). The minimum absolute atomic E-state index is 0.311. The van der Waals surface area contributed by atoms with E-state index in [2.05, 4.69) is 40.6 Å². The van der Waals surface area contributed by atoms with Gasteiger partial charge in [-0.25, -0.2) is 4.98 Å². The van der Waals surface area contributed by atoms with Crippen molar-refractivity contribution < 1.29 is 0 Å². The first-order chi connectivity index (χ1) is 12.2. The number of amidine groups is 1. The molecule has 0 fully saturated rings. The molecule has 0 amide bonds. The molecule has 2 heterocycles. The largest absolute Gasteiger partial charge is 0.382 e. The molecular formula is C18H24N6S.